The minimum Gasteiger partial charge on any atom is -0.352 e. The summed E-state index contributed by atoms with van der Waals surface area (Å²) in [4.78, 5) is 19.6. The van der Waals surface area contributed by atoms with Crippen LogP contribution in [0.3, 0.4) is 0 Å². The van der Waals surface area contributed by atoms with Gasteiger partial charge in [-0.25, -0.2) is 13.8 Å². The van der Waals surface area contributed by atoms with Gasteiger partial charge < -0.3 is 20.1 Å². The summed E-state index contributed by atoms with van der Waals surface area (Å²) in [6.07, 6.45) is 4.27. The maximum Gasteiger partial charge on any atom is 0.251 e. The summed E-state index contributed by atoms with van der Waals surface area (Å²) in [7, 11) is 0. The van der Waals surface area contributed by atoms with E-state index in [1.54, 1.807) is 6.07 Å². The van der Waals surface area contributed by atoms with Crippen LogP contribution in [0, 0.1) is 19.7 Å². The molecule has 2 saturated heterocycles. The molecule has 1 amide bonds. The van der Waals surface area contributed by atoms with Crippen LogP contribution in [0.5, 0.6) is 0 Å². The Labute approximate surface area is 223 Å². The largest absolute Gasteiger partial charge is 0.352 e. The topological polar surface area (TPSA) is 62.2 Å². The molecule has 3 heterocycles. The third kappa shape index (κ3) is 5.97. The first-order chi connectivity index (χ1) is 18.4. The van der Waals surface area contributed by atoms with Gasteiger partial charge >= 0.3 is 0 Å². The van der Waals surface area contributed by atoms with E-state index in [0.717, 1.165) is 68.2 Å². The Morgan fingerprint density at radius 1 is 1.13 bits per heavy atom. The molecule has 2 aliphatic rings. The molecular formula is C30H37F2N5O. The van der Waals surface area contributed by atoms with Crippen molar-refractivity contribution in [3.05, 3.63) is 70.9 Å². The zero-order chi connectivity index (χ0) is 26.6. The lowest BCUT2D eigenvalue weighted by atomic mass is 9.96. The fourth-order valence-electron chi connectivity index (χ4n) is 5.58. The van der Waals surface area contributed by atoms with Crippen molar-refractivity contribution in [1.82, 2.24) is 25.1 Å². The molecular weight excluding hydrogens is 484 g/mol. The fraction of sp³-hybridized carbons (Fsp3) is 0.467. The summed E-state index contributed by atoms with van der Waals surface area (Å²) in [5, 5.41) is 6.33. The number of piperidine rings is 1. The second kappa shape index (κ2) is 11.7. The highest BCUT2D eigenvalue weighted by molar-refractivity contribution is 5.94. The minimum absolute atomic E-state index is 0.107. The van der Waals surface area contributed by atoms with Crippen LogP contribution in [0.1, 0.15) is 58.9 Å². The van der Waals surface area contributed by atoms with Gasteiger partial charge in [-0.15, -0.1) is 0 Å². The third-order valence-electron chi connectivity index (χ3n) is 7.86. The first kappa shape index (κ1) is 26.5. The summed E-state index contributed by atoms with van der Waals surface area (Å²) in [5.74, 6) is 0.747. The molecule has 1 atom stereocenters. The van der Waals surface area contributed by atoms with Gasteiger partial charge in [0.05, 0.1) is 5.69 Å². The van der Waals surface area contributed by atoms with E-state index in [1.165, 1.54) is 0 Å². The average Bonchev–Trinajstić information content (AvgIpc) is 3.58. The molecule has 3 aromatic rings. The van der Waals surface area contributed by atoms with E-state index in [-0.39, 0.29) is 11.7 Å². The van der Waals surface area contributed by atoms with Gasteiger partial charge in [0, 0.05) is 49.2 Å². The van der Waals surface area contributed by atoms with Crippen LogP contribution < -0.4 is 10.6 Å². The smallest absolute Gasteiger partial charge is 0.251 e. The molecule has 6 nitrogen and oxygen atoms in total. The highest BCUT2D eigenvalue weighted by Gasteiger charge is 2.20. The quantitative estimate of drug-likeness (QED) is 0.413. The monoisotopic (exact) mass is 521 g/mol. The van der Waals surface area contributed by atoms with Gasteiger partial charge in [-0.1, -0.05) is 6.07 Å². The number of halogens is 2. The predicted octanol–water partition coefficient (Wildman–Crippen LogP) is 4.93. The van der Waals surface area contributed by atoms with Crippen molar-refractivity contribution < 1.29 is 13.6 Å². The number of imidazole rings is 1. The zero-order valence-corrected chi connectivity index (χ0v) is 22.3. The number of nitrogens with one attached hydrogen (secondary N) is 2. The molecule has 2 aromatic carbocycles. The van der Waals surface area contributed by atoms with Gasteiger partial charge in [-0.3, -0.25) is 4.79 Å². The average molecular weight is 522 g/mol. The predicted molar refractivity (Wildman–Crippen MR) is 146 cm³/mol. The summed E-state index contributed by atoms with van der Waals surface area (Å²) in [6, 6.07) is 11.1. The van der Waals surface area contributed by atoms with Gasteiger partial charge in [0.1, 0.15) is 17.8 Å². The number of alkyl halides is 1. The van der Waals surface area contributed by atoms with Crippen molar-refractivity contribution in [2.24, 2.45) is 0 Å². The van der Waals surface area contributed by atoms with E-state index < -0.39 is 6.17 Å². The molecule has 0 radical (unpaired) electrons. The zero-order valence-electron chi connectivity index (χ0n) is 22.3. The number of amides is 1. The van der Waals surface area contributed by atoms with E-state index in [1.807, 2.05) is 54.9 Å². The minimum atomic E-state index is -0.665. The maximum atomic E-state index is 15.1. The summed E-state index contributed by atoms with van der Waals surface area (Å²) in [5.41, 5.74) is 4.55. The first-order valence-corrected chi connectivity index (χ1v) is 13.7. The number of likely N-dealkylation sites (tertiary alicyclic amines) is 1. The van der Waals surface area contributed by atoms with E-state index in [9.17, 15) is 9.18 Å². The SMILES string of the molecule is Cc1cc(C(=O)NCCCN2CCC(F)CC2)ccc1-n1cc(-c2ccc([C@@H]3CCNC3)cc2F)nc1C. The van der Waals surface area contributed by atoms with Crippen LogP contribution in [-0.2, 0) is 0 Å². The number of carbonyl (C=O) groups is 1. The molecule has 2 fully saturated rings. The van der Waals surface area contributed by atoms with E-state index in [2.05, 4.69) is 20.5 Å². The van der Waals surface area contributed by atoms with Crippen LogP contribution in [0.25, 0.3) is 16.9 Å². The van der Waals surface area contributed by atoms with Crippen molar-refractivity contribution in [1.29, 1.82) is 0 Å². The summed E-state index contributed by atoms with van der Waals surface area (Å²) in [6.45, 7) is 8.76. The van der Waals surface area contributed by atoms with Gasteiger partial charge in [-0.05, 0) is 100.0 Å². The molecule has 5 rings (SSSR count). The highest BCUT2D eigenvalue weighted by Crippen LogP contribution is 2.30. The standard InChI is InChI=1S/C30H37F2N5O/c1-20-16-23(30(38)34-11-3-13-36-14-9-25(31)10-15-36)5-7-29(20)37-19-28(35-21(37)2)26-6-4-22(17-27(26)32)24-8-12-33-18-24/h4-7,16-17,19,24-25,33H,3,8-15,18H2,1-2H3,(H,34,38)/t24-/m1/s1. The molecule has 1 aromatic heterocycles. The van der Waals surface area contributed by atoms with E-state index >= 15 is 4.39 Å². The molecule has 202 valence electrons. The third-order valence-corrected chi connectivity index (χ3v) is 7.86. The van der Waals surface area contributed by atoms with Gasteiger partial charge in [-0.2, -0.15) is 0 Å². The molecule has 2 aliphatic heterocycles. The summed E-state index contributed by atoms with van der Waals surface area (Å²) >= 11 is 0. The number of aromatic nitrogens is 2. The Morgan fingerprint density at radius 2 is 1.95 bits per heavy atom. The number of benzene rings is 2. The lowest BCUT2D eigenvalue weighted by molar-refractivity contribution is 0.0949. The van der Waals surface area contributed by atoms with Crippen LogP contribution in [0.15, 0.2) is 42.6 Å². The van der Waals surface area contributed by atoms with Gasteiger partial charge in [0.2, 0.25) is 0 Å². The van der Waals surface area contributed by atoms with Crippen LogP contribution in [-0.4, -0.2) is 65.8 Å². The highest BCUT2D eigenvalue weighted by atomic mass is 19.1. The molecule has 0 saturated carbocycles. The van der Waals surface area contributed by atoms with Crippen LogP contribution in [0.4, 0.5) is 8.78 Å². The molecule has 2 N–H and O–H groups in total. The Balaban J connectivity index is 1.22. The molecule has 0 spiro atoms. The second-order valence-electron chi connectivity index (χ2n) is 10.6. The normalized spacial score (nSPS) is 18.7. The Bertz CT molecular complexity index is 1280. The summed E-state index contributed by atoms with van der Waals surface area (Å²) < 4.78 is 30.3. The lowest BCUT2D eigenvalue weighted by Crippen LogP contribution is -2.36. The van der Waals surface area contributed by atoms with Crippen LogP contribution >= 0.6 is 0 Å². The lowest BCUT2D eigenvalue weighted by Gasteiger charge is -2.28. The van der Waals surface area contributed by atoms with Crippen molar-refractivity contribution in [2.45, 2.75) is 51.6 Å². The molecule has 38 heavy (non-hydrogen) atoms. The number of hydrogen-bond donors (Lipinski definition) is 2. The van der Waals surface area contributed by atoms with Crippen molar-refractivity contribution in [3.8, 4) is 16.9 Å². The molecule has 0 unspecified atom stereocenters. The molecule has 0 aliphatic carbocycles. The van der Waals surface area contributed by atoms with Crippen molar-refractivity contribution >= 4 is 5.91 Å². The number of hydrogen-bond acceptors (Lipinski definition) is 4. The first-order valence-electron chi connectivity index (χ1n) is 13.7. The number of rotatable bonds is 8. The number of carbonyl (C=O) groups excluding carboxylic acids is 1. The number of nitrogens with zero attached hydrogens (tertiary/aromatic N) is 3. The molecule has 8 heteroatoms. The fourth-order valence-corrected chi connectivity index (χ4v) is 5.58. The van der Waals surface area contributed by atoms with Gasteiger partial charge in [0.25, 0.3) is 5.91 Å². The van der Waals surface area contributed by atoms with Crippen LogP contribution in [0.2, 0.25) is 0 Å². The Kier molecular flexibility index (Phi) is 8.19. The van der Waals surface area contributed by atoms with Crippen molar-refractivity contribution in [3.63, 3.8) is 0 Å². The maximum absolute atomic E-state index is 15.1. The van der Waals surface area contributed by atoms with Crippen molar-refractivity contribution in [2.75, 3.05) is 39.3 Å². The molecule has 0 bridgehead atoms. The van der Waals surface area contributed by atoms with Gasteiger partial charge in [0.15, 0.2) is 0 Å². The van der Waals surface area contributed by atoms with E-state index in [0.29, 0.717) is 42.1 Å². The Hall–Kier alpha value is -3.10. The number of aryl methyl sites for hydroxylation is 2. The Morgan fingerprint density at radius 3 is 2.66 bits per heavy atom. The van der Waals surface area contributed by atoms with E-state index in [4.69, 9.17) is 0 Å². The second-order valence-corrected chi connectivity index (χ2v) is 10.6.